The fourth-order valence-corrected chi connectivity index (χ4v) is 2.56. The Morgan fingerprint density at radius 1 is 1.38 bits per heavy atom. The predicted molar refractivity (Wildman–Crippen MR) is 64.2 cm³/mol. The highest BCUT2D eigenvalue weighted by Gasteiger charge is 2.37. The van der Waals surface area contributed by atoms with Crippen molar-refractivity contribution in [1.82, 2.24) is 20.1 Å². The molecule has 1 saturated heterocycles. The Bertz CT molecular complexity index is 328. The lowest BCUT2D eigenvalue weighted by Gasteiger charge is -2.42. The number of aromatic nitrogens is 3. The van der Waals surface area contributed by atoms with Crippen molar-refractivity contribution in [2.45, 2.75) is 46.1 Å². The van der Waals surface area contributed by atoms with Crippen molar-refractivity contribution < 1.29 is 0 Å². The molecule has 1 aromatic heterocycles. The van der Waals surface area contributed by atoms with Gasteiger partial charge in [0.15, 0.2) is 0 Å². The molecule has 4 nitrogen and oxygen atoms in total. The minimum absolute atomic E-state index is 0.452. The molecule has 0 unspecified atom stereocenters. The standard InChI is InChI=1S/C12H22N4/c1-3-5-12(8-13-9-12)7-11-14-10-15-16(11)6-4-2/h10,13H,3-9H2,1-2H3. The zero-order chi connectivity index (χ0) is 11.4. The van der Waals surface area contributed by atoms with Crippen LogP contribution in [0.3, 0.4) is 0 Å². The molecule has 0 atom stereocenters. The molecule has 90 valence electrons. The van der Waals surface area contributed by atoms with Gasteiger partial charge in [0.2, 0.25) is 0 Å². The van der Waals surface area contributed by atoms with Crippen LogP contribution >= 0.6 is 0 Å². The van der Waals surface area contributed by atoms with Crippen LogP contribution in [0.25, 0.3) is 0 Å². The van der Waals surface area contributed by atoms with Gasteiger partial charge in [-0.05, 0) is 12.8 Å². The topological polar surface area (TPSA) is 42.7 Å². The molecule has 0 saturated carbocycles. The van der Waals surface area contributed by atoms with Crippen LogP contribution in [0.2, 0.25) is 0 Å². The van der Waals surface area contributed by atoms with Gasteiger partial charge in [0.1, 0.15) is 12.2 Å². The second-order valence-corrected chi connectivity index (χ2v) is 4.93. The van der Waals surface area contributed by atoms with Gasteiger partial charge < -0.3 is 5.32 Å². The van der Waals surface area contributed by atoms with Crippen LogP contribution in [-0.4, -0.2) is 27.9 Å². The summed E-state index contributed by atoms with van der Waals surface area (Å²) < 4.78 is 2.07. The van der Waals surface area contributed by atoms with Crippen molar-refractivity contribution in [1.29, 1.82) is 0 Å². The van der Waals surface area contributed by atoms with Crippen LogP contribution < -0.4 is 5.32 Å². The van der Waals surface area contributed by atoms with E-state index in [2.05, 4.69) is 33.9 Å². The highest BCUT2D eigenvalue weighted by molar-refractivity contribution is 5.00. The predicted octanol–water partition coefficient (Wildman–Crippen LogP) is 1.62. The molecule has 0 radical (unpaired) electrons. The Labute approximate surface area is 97.5 Å². The lowest BCUT2D eigenvalue weighted by Crippen LogP contribution is -2.54. The van der Waals surface area contributed by atoms with Crippen molar-refractivity contribution in [2.24, 2.45) is 5.41 Å². The molecule has 0 amide bonds. The summed E-state index contributed by atoms with van der Waals surface area (Å²) in [6, 6.07) is 0. The molecule has 0 spiro atoms. The number of nitrogens with one attached hydrogen (secondary N) is 1. The Hall–Kier alpha value is -0.900. The first kappa shape index (κ1) is 11.6. The Morgan fingerprint density at radius 3 is 2.75 bits per heavy atom. The van der Waals surface area contributed by atoms with Crippen LogP contribution in [0.4, 0.5) is 0 Å². The molecular weight excluding hydrogens is 200 g/mol. The summed E-state index contributed by atoms with van der Waals surface area (Å²) in [7, 11) is 0. The normalized spacial score (nSPS) is 18.4. The first-order valence-electron chi connectivity index (χ1n) is 6.37. The Balaban J connectivity index is 2.04. The molecule has 1 aromatic rings. The summed E-state index contributed by atoms with van der Waals surface area (Å²) in [6.45, 7) is 7.71. The fourth-order valence-electron chi connectivity index (χ4n) is 2.56. The number of hydrogen-bond acceptors (Lipinski definition) is 3. The molecule has 1 aliphatic rings. The quantitative estimate of drug-likeness (QED) is 0.795. The maximum absolute atomic E-state index is 4.41. The third-order valence-electron chi connectivity index (χ3n) is 3.44. The largest absolute Gasteiger partial charge is 0.316 e. The maximum atomic E-state index is 4.41. The van der Waals surface area contributed by atoms with Crippen LogP contribution in [0.15, 0.2) is 6.33 Å². The highest BCUT2D eigenvalue weighted by Crippen LogP contribution is 2.32. The average Bonchev–Trinajstić information content (AvgIpc) is 2.63. The second-order valence-electron chi connectivity index (χ2n) is 4.93. The van der Waals surface area contributed by atoms with E-state index < -0.39 is 0 Å². The summed E-state index contributed by atoms with van der Waals surface area (Å²) in [5.41, 5.74) is 0.452. The van der Waals surface area contributed by atoms with Crippen molar-refractivity contribution in [3.63, 3.8) is 0 Å². The van der Waals surface area contributed by atoms with Crippen LogP contribution in [0, 0.1) is 5.41 Å². The molecule has 0 aromatic carbocycles. The minimum Gasteiger partial charge on any atom is -0.316 e. The smallest absolute Gasteiger partial charge is 0.138 e. The van der Waals surface area contributed by atoms with Crippen LogP contribution in [0.5, 0.6) is 0 Å². The second kappa shape index (κ2) is 4.95. The number of aryl methyl sites for hydroxylation is 1. The Morgan fingerprint density at radius 2 is 2.19 bits per heavy atom. The van der Waals surface area contributed by atoms with Gasteiger partial charge >= 0.3 is 0 Å². The van der Waals surface area contributed by atoms with E-state index in [0.29, 0.717) is 5.41 Å². The highest BCUT2D eigenvalue weighted by atomic mass is 15.3. The van der Waals surface area contributed by atoms with E-state index in [9.17, 15) is 0 Å². The third-order valence-corrected chi connectivity index (χ3v) is 3.44. The summed E-state index contributed by atoms with van der Waals surface area (Å²) in [4.78, 5) is 4.41. The molecule has 0 aliphatic carbocycles. The van der Waals surface area contributed by atoms with Crippen LogP contribution in [-0.2, 0) is 13.0 Å². The first-order valence-corrected chi connectivity index (χ1v) is 6.37. The van der Waals surface area contributed by atoms with Gasteiger partial charge in [0, 0.05) is 31.5 Å². The molecule has 1 N–H and O–H groups in total. The number of rotatable bonds is 6. The van der Waals surface area contributed by atoms with E-state index in [0.717, 1.165) is 38.3 Å². The zero-order valence-corrected chi connectivity index (χ0v) is 10.4. The first-order chi connectivity index (χ1) is 7.79. The molecule has 16 heavy (non-hydrogen) atoms. The third kappa shape index (κ3) is 2.26. The molecule has 1 aliphatic heterocycles. The van der Waals surface area contributed by atoms with E-state index in [-0.39, 0.29) is 0 Å². The van der Waals surface area contributed by atoms with E-state index >= 15 is 0 Å². The van der Waals surface area contributed by atoms with Crippen molar-refractivity contribution >= 4 is 0 Å². The number of nitrogens with zero attached hydrogens (tertiary/aromatic N) is 3. The van der Waals surface area contributed by atoms with Gasteiger partial charge in [0.05, 0.1) is 0 Å². The van der Waals surface area contributed by atoms with Crippen LogP contribution in [0.1, 0.15) is 38.9 Å². The molecule has 2 rings (SSSR count). The minimum atomic E-state index is 0.452. The van der Waals surface area contributed by atoms with Gasteiger partial charge in [0.25, 0.3) is 0 Å². The summed E-state index contributed by atoms with van der Waals surface area (Å²) in [5.74, 6) is 1.16. The van der Waals surface area contributed by atoms with Gasteiger partial charge in [-0.15, -0.1) is 0 Å². The van der Waals surface area contributed by atoms with Crippen molar-refractivity contribution in [2.75, 3.05) is 13.1 Å². The molecular formula is C12H22N4. The van der Waals surface area contributed by atoms with Gasteiger partial charge in [-0.1, -0.05) is 20.3 Å². The Kier molecular flexibility index (Phi) is 3.59. The zero-order valence-electron chi connectivity index (χ0n) is 10.4. The van der Waals surface area contributed by atoms with Crippen molar-refractivity contribution in [3.05, 3.63) is 12.2 Å². The van der Waals surface area contributed by atoms with E-state index in [1.807, 2.05) is 0 Å². The van der Waals surface area contributed by atoms with E-state index in [1.54, 1.807) is 6.33 Å². The molecule has 4 heteroatoms. The molecule has 1 fully saturated rings. The lowest BCUT2D eigenvalue weighted by atomic mass is 9.75. The van der Waals surface area contributed by atoms with Gasteiger partial charge in [-0.3, -0.25) is 4.68 Å². The molecule has 0 bridgehead atoms. The maximum Gasteiger partial charge on any atom is 0.138 e. The monoisotopic (exact) mass is 222 g/mol. The summed E-state index contributed by atoms with van der Waals surface area (Å²) in [5, 5.41) is 7.69. The summed E-state index contributed by atoms with van der Waals surface area (Å²) in [6.07, 6.45) is 6.43. The molecule has 2 heterocycles. The van der Waals surface area contributed by atoms with E-state index in [4.69, 9.17) is 0 Å². The lowest BCUT2D eigenvalue weighted by molar-refractivity contribution is 0.145. The van der Waals surface area contributed by atoms with Crippen molar-refractivity contribution in [3.8, 4) is 0 Å². The summed E-state index contributed by atoms with van der Waals surface area (Å²) >= 11 is 0. The number of hydrogen-bond donors (Lipinski definition) is 1. The van der Waals surface area contributed by atoms with Gasteiger partial charge in [-0.2, -0.15) is 5.10 Å². The average molecular weight is 222 g/mol. The van der Waals surface area contributed by atoms with Gasteiger partial charge in [-0.25, -0.2) is 4.98 Å². The van der Waals surface area contributed by atoms with E-state index in [1.165, 1.54) is 12.8 Å². The SMILES string of the molecule is CCCn1ncnc1CC1(CCC)CNC1. The fraction of sp³-hybridized carbons (Fsp3) is 0.833.